The fourth-order valence-electron chi connectivity index (χ4n) is 2.97. The van der Waals surface area contributed by atoms with Gasteiger partial charge >= 0.3 is 0 Å². The summed E-state index contributed by atoms with van der Waals surface area (Å²) in [6.45, 7) is 3.89. The van der Waals surface area contributed by atoms with Crippen molar-refractivity contribution < 1.29 is 0 Å². The molecule has 0 saturated heterocycles. The second-order valence-electron chi connectivity index (χ2n) is 5.62. The molecule has 0 amide bonds. The monoisotopic (exact) mass is 223 g/mol. The van der Waals surface area contributed by atoms with Crippen molar-refractivity contribution in [1.29, 1.82) is 0 Å². The standard InChI is InChI=1S/C16H31/c1-2-3-4-5-6-7-10-13-16-14-11-8-9-12-15-16/h16H,1-15H2. The molecule has 0 heteroatoms. The van der Waals surface area contributed by atoms with Crippen LogP contribution in [0.5, 0.6) is 0 Å². The number of hydrogen-bond donors (Lipinski definition) is 0. The molecule has 0 N–H and O–H groups in total. The molecule has 0 nitrogen and oxygen atoms in total. The second-order valence-corrected chi connectivity index (χ2v) is 5.62. The molecule has 95 valence electrons. The molecule has 0 spiro atoms. The van der Waals surface area contributed by atoms with Crippen LogP contribution in [0, 0.1) is 12.8 Å². The molecule has 0 unspecified atom stereocenters. The Bertz CT molecular complexity index is 131. The highest BCUT2D eigenvalue weighted by Gasteiger charge is 2.11. The SMILES string of the molecule is [CH2]CCCCCCCCC1CCCCCC1. The third kappa shape index (κ3) is 7.30. The van der Waals surface area contributed by atoms with Crippen LogP contribution in [0.1, 0.15) is 89.9 Å². The summed E-state index contributed by atoms with van der Waals surface area (Å²) in [4.78, 5) is 0. The number of hydrogen-bond acceptors (Lipinski definition) is 0. The van der Waals surface area contributed by atoms with Gasteiger partial charge < -0.3 is 0 Å². The zero-order valence-electron chi connectivity index (χ0n) is 11.2. The second kappa shape index (κ2) is 10.2. The van der Waals surface area contributed by atoms with Gasteiger partial charge in [0.05, 0.1) is 0 Å². The summed E-state index contributed by atoms with van der Waals surface area (Å²) < 4.78 is 0. The van der Waals surface area contributed by atoms with E-state index in [1.54, 1.807) is 0 Å². The van der Waals surface area contributed by atoms with E-state index in [0.29, 0.717) is 0 Å². The predicted octanol–water partition coefficient (Wildman–Crippen LogP) is 5.91. The molecule has 1 fully saturated rings. The van der Waals surface area contributed by atoms with Crippen LogP contribution in [-0.4, -0.2) is 0 Å². The third-order valence-corrected chi connectivity index (χ3v) is 4.09. The topological polar surface area (TPSA) is 0 Å². The van der Waals surface area contributed by atoms with Crippen molar-refractivity contribution >= 4 is 0 Å². The molecule has 0 bridgehead atoms. The lowest BCUT2D eigenvalue weighted by atomic mass is 9.93. The highest BCUT2D eigenvalue weighted by Crippen LogP contribution is 2.27. The zero-order valence-corrected chi connectivity index (χ0v) is 11.2. The molecule has 1 saturated carbocycles. The van der Waals surface area contributed by atoms with E-state index in [1.165, 1.54) is 83.5 Å². The van der Waals surface area contributed by atoms with Crippen molar-refractivity contribution in [2.24, 2.45) is 5.92 Å². The Hall–Kier alpha value is 0. The van der Waals surface area contributed by atoms with Crippen LogP contribution in [0.15, 0.2) is 0 Å². The largest absolute Gasteiger partial charge is 0.0533 e. The Kier molecular flexibility index (Phi) is 8.94. The van der Waals surface area contributed by atoms with Gasteiger partial charge in [-0.25, -0.2) is 0 Å². The lowest BCUT2D eigenvalue weighted by Crippen LogP contribution is -1.98. The van der Waals surface area contributed by atoms with Crippen LogP contribution in [-0.2, 0) is 0 Å². The predicted molar refractivity (Wildman–Crippen MR) is 73.5 cm³/mol. The van der Waals surface area contributed by atoms with Crippen molar-refractivity contribution in [3.05, 3.63) is 6.92 Å². The van der Waals surface area contributed by atoms with Gasteiger partial charge in [0.2, 0.25) is 0 Å². The molecule has 0 aromatic rings. The molecule has 0 heterocycles. The molecule has 1 radical (unpaired) electrons. The van der Waals surface area contributed by atoms with E-state index < -0.39 is 0 Å². The summed E-state index contributed by atoms with van der Waals surface area (Å²) in [5.41, 5.74) is 0. The van der Waals surface area contributed by atoms with Gasteiger partial charge in [0.15, 0.2) is 0 Å². The molecule has 0 aromatic carbocycles. The molecule has 0 aliphatic heterocycles. The highest BCUT2D eigenvalue weighted by atomic mass is 14.2. The van der Waals surface area contributed by atoms with Crippen molar-refractivity contribution in [1.82, 2.24) is 0 Å². The molecule has 0 atom stereocenters. The summed E-state index contributed by atoms with van der Waals surface area (Å²) in [5, 5.41) is 0. The first-order valence-corrected chi connectivity index (χ1v) is 7.72. The first-order chi connectivity index (χ1) is 7.93. The van der Waals surface area contributed by atoms with Gasteiger partial charge in [0, 0.05) is 0 Å². The van der Waals surface area contributed by atoms with Crippen LogP contribution in [0.4, 0.5) is 0 Å². The zero-order chi connectivity index (χ0) is 11.5. The highest BCUT2D eigenvalue weighted by molar-refractivity contribution is 4.64. The maximum atomic E-state index is 3.89. The van der Waals surface area contributed by atoms with Gasteiger partial charge in [-0.05, 0) is 5.92 Å². The molecule has 0 aromatic heterocycles. The summed E-state index contributed by atoms with van der Waals surface area (Å²) >= 11 is 0. The smallest absolute Gasteiger partial charge is 0.0414 e. The molecule has 1 aliphatic carbocycles. The van der Waals surface area contributed by atoms with E-state index in [4.69, 9.17) is 0 Å². The average molecular weight is 223 g/mol. The Morgan fingerprint density at radius 2 is 1.25 bits per heavy atom. The van der Waals surface area contributed by atoms with Gasteiger partial charge in [-0.15, -0.1) is 0 Å². The Morgan fingerprint density at radius 1 is 0.688 bits per heavy atom. The van der Waals surface area contributed by atoms with E-state index >= 15 is 0 Å². The quantitative estimate of drug-likeness (QED) is 0.354. The Labute approximate surface area is 103 Å². The van der Waals surface area contributed by atoms with Crippen molar-refractivity contribution in [3.8, 4) is 0 Å². The summed E-state index contributed by atoms with van der Waals surface area (Å²) in [6.07, 6.45) is 20.4. The average Bonchev–Trinajstić information content (AvgIpc) is 2.56. The number of unbranched alkanes of at least 4 members (excludes halogenated alkanes) is 6. The Balaban J connectivity index is 1.86. The first-order valence-electron chi connectivity index (χ1n) is 7.72. The van der Waals surface area contributed by atoms with Crippen LogP contribution in [0.3, 0.4) is 0 Å². The minimum absolute atomic E-state index is 1.09. The van der Waals surface area contributed by atoms with E-state index in [2.05, 4.69) is 6.92 Å². The first kappa shape index (κ1) is 14.1. The minimum atomic E-state index is 1.09. The minimum Gasteiger partial charge on any atom is -0.0533 e. The van der Waals surface area contributed by atoms with Crippen LogP contribution >= 0.6 is 0 Å². The van der Waals surface area contributed by atoms with Crippen LogP contribution in [0.2, 0.25) is 0 Å². The summed E-state index contributed by atoms with van der Waals surface area (Å²) in [5.74, 6) is 1.09. The van der Waals surface area contributed by atoms with E-state index in [1.807, 2.05) is 0 Å². The van der Waals surface area contributed by atoms with Gasteiger partial charge in [-0.2, -0.15) is 0 Å². The summed E-state index contributed by atoms with van der Waals surface area (Å²) in [7, 11) is 0. The van der Waals surface area contributed by atoms with Gasteiger partial charge in [0.25, 0.3) is 0 Å². The molecular formula is C16H31. The fraction of sp³-hybridized carbons (Fsp3) is 0.938. The van der Waals surface area contributed by atoms with Gasteiger partial charge in [0.1, 0.15) is 0 Å². The van der Waals surface area contributed by atoms with Crippen molar-refractivity contribution in [2.45, 2.75) is 89.9 Å². The number of rotatable bonds is 8. The Morgan fingerprint density at radius 3 is 1.88 bits per heavy atom. The fourth-order valence-corrected chi connectivity index (χ4v) is 2.97. The van der Waals surface area contributed by atoms with E-state index in [0.717, 1.165) is 12.3 Å². The van der Waals surface area contributed by atoms with E-state index in [9.17, 15) is 0 Å². The lowest BCUT2D eigenvalue weighted by Gasteiger charge is -2.13. The van der Waals surface area contributed by atoms with Gasteiger partial charge in [-0.3, -0.25) is 0 Å². The lowest BCUT2D eigenvalue weighted by molar-refractivity contribution is 0.404. The molecule has 1 aliphatic rings. The molecular weight excluding hydrogens is 192 g/mol. The maximum absolute atomic E-state index is 3.89. The normalized spacial score (nSPS) is 18.6. The van der Waals surface area contributed by atoms with Gasteiger partial charge in [-0.1, -0.05) is 96.8 Å². The maximum Gasteiger partial charge on any atom is -0.0414 e. The molecule has 16 heavy (non-hydrogen) atoms. The van der Waals surface area contributed by atoms with Crippen molar-refractivity contribution in [3.63, 3.8) is 0 Å². The van der Waals surface area contributed by atoms with Crippen molar-refractivity contribution in [2.75, 3.05) is 0 Å². The summed E-state index contributed by atoms with van der Waals surface area (Å²) in [6, 6.07) is 0. The molecule has 1 rings (SSSR count). The third-order valence-electron chi connectivity index (χ3n) is 4.09. The van der Waals surface area contributed by atoms with Crippen LogP contribution < -0.4 is 0 Å². The van der Waals surface area contributed by atoms with Crippen LogP contribution in [0.25, 0.3) is 0 Å². The van der Waals surface area contributed by atoms with E-state index in [-0.39, 0.29) is 0 Å².